The van der Waals surface area contributed by atoms with E-state index in [-0.39, 0.29) is 0 Å². The van der Waals surface area contributed by atoms with Crippen LogP contribution in [0.25, 0.3) is 11.0 Å². The van der Waals surface area contributed by atoms with Gasteiger partial charge in [0.2, 0.25) is 11.9 Å². The number of nitrogens with one attached hydrogen (secondary N) is 3. The zero-order valence-electron chi connectivity index (χ0n) is 16.5. The number of aryl methyl sites for hydroxylation is 1. The van der Waals surface area contributed by atoms with Crippen molar-refractivity contribution in [2.24, 2.45) is 0 Å². The third-order valence-electron chi connectivity index (χ3n) is 3.66. The second kappa shape index (κ2) is 8.93. The van der Waals surface area contributed by atoms with E-state index in [2.05, 4.69) is 49.7 Å². The van der Waals surface area contributed by atoms with Crippen LogP contribution in [0.2, 0.25) is 0 Å². The molecule has 0 aliphatic rings. The Hall–Kier alpha value is -2.22. The van der Waals surface area contributed by atoms with E-state index in [1.807, 2.05) is 6.92 Å². The van der Waals surface area contributed by atoms with Crippen molar-refractivity contribution in [1.82, 2.24) is 19.9 Å². The van der Waals surface area contributed by atoms with Crippen molar-refractivity contribution in [3.05, 3.63) is 5.69 Å². The van der Waals surface area contributed by atoms with E-state index < -0.39 is 5.60 Å². The van der Waals surface area contributed by atoms with Crippen molar-refractivity contribution < 1.29 is 5.11 Å². The SMILES string of the molecule is CCCNc1nc(NCC)c2nc(NCC(C)(C)O)nc(CCC)c2n1. The molecular formula is C18H31N7O. The molecule has 0 aliphatic carbocycles. The summed E-state index contributed by atoms with van der Waals surface area (Å²) in [5.74, 6) is 1.77. The van der Waals surface area contributed by atoms with Gasteiger partial charge in [-0.3, -0.25) is 0 Å². The van der Waals surface area contributed by atoms with Gasteiger partial charge in [0.25, 0.3) is 0 Å². The Labute approximate surface area is 155 Å². The lowest BCUT2D eigenvalue weighted by atomic mass is 10.1. The van der Waals surface area contributed by atoms with Crippen LogP contribution in [-0.4, -0.2) is 50.3 Å². The van der Waals surface area contributed by atoms with E-state index in [9.17, 15) is 5.11 Å². The summed E-state index contributed by atoms with van der Waals surface area (Å²) < 4.78 is 0. The molecule has 4 N–H and O–H groups in total. The second-order valence-electron chi connectivity index (χ2n) is 6.96. The number of aromatic nitrogens is 4. The fourth-order valence-corrected chi connectivity index (χ4v) is 2.47. The lowest BCUT2D eigenvalue weighted by molar-refractivity contribution is 0.0943. The van der Waals surface area contributed by atoms with Gasteiger partial charge in [-0.25, -0.2) is 15.0 Å². The Morgan fingerprint density at radius 1 is 0.846 bits per heavy atom. The highest BCUT2D eigenvalue weighted by molar-refractivity contribution is 5.88. The van der Waals surface area contributed by atoms with Crippen LogP contribution < -0.4 is 16.0 Å². The number of aliphatic hydroxyl groups is 1. The molecule has 26 heavy (non-hydrogen) atoms. The van der Waals surface area contributed by atoms with Crippen molar-refractivity contribution in [2.45, 2.75) is 59.5 Å². The first-order chi connectivity index (χ1) is 12.4. The third-order valence-corrected chi connectivity index (χ3v) is 3.66. The molecule has 0 saturated heterocycles. The minimum absolute atomic E-state index is 0.359. The smallest absolute Gasteiger partial charge is 0.225 e. The van der Waals surface area contributed by atoms with Gasteiger partial charge >= 0.3 is 0 Å². The molecule has 0 atom stereocenters. The van der Waals surface area contributed by atoms with Crippen LogP contribution in [0.4, 0.5) is 17.7 Å². The van der Waals surface area contributed by atoms with E-state index in [0.717, 1.165) is 43.6 Å². The van der Waals surface area contributed by atoms with Gasteiger partial charge in [-0.15, -0.1) is 0 Å². The van der Waals surface area contributed by atoms with E-state index >= 15 is 0 Å². The number of fused-ring (bicyclic) bond motifs is 1. The van der Waals surface area contributed by atoms with Crippen LogP contribution in [0.3, 0.4) is 0 Å². The number of hydrogen-bond acceptors (Lipinski definition) is 8. The standard InChI is InChI=1S/C18H31N7O/c1-6-9-12-13-14(24-17(22-12)21-11-18(4,5)26)15(19-8-3)25-16(23-13)20-10-7-2/h26H,6-11H2,1-5H3,(H,21,22,24)(H2,19,20,23,25). The van der Waals surface area contributed by atoms with Crippen LogP contribution in [-0.2, 0) is 6.42 Å². The maximum atomic E-state index is 9.96. The summed E-state index contributed by atoms with van der Waals surface area (Å²) in [7, 11) is 0. The van der Waals surface area contributed by atoms with E-state index in [1.165, 1.54) is 0 Å². The fourth-order valence-electron chi connectivity index (χ4n) is 2.47. The van der Waals surface area contributed by atoms with Crippen molar-refractivity contribution in [3.63, 3.8) is 0 Å². The summed E-state index contributed by atoms with van der Waals surface area (Å²) in [4.78, 5) is 18.5. The van der Waals surface area contributed by atoms with Crippen LogP contribution in [0, 0.1) is 0 Å². The van der Waals surface area contributed by atoms with Crippen LogP contribution in [0.15, 0.2) is 0 Å². The largest absolute Gasteiger partial charge is 0.389 e. The third kappa shape index (κ3) is 5.39. The number of hydrogen-bond donors (Lipinski definition) is 4. The molecule has 0 fully saturated rings. The Kier molecular flexibility index (Phi) is 6.90. The number of nitrogens with zero attached hydrogens (tertiary/aromatic N) is 4. The maximum Gasteiger partial charge on any atom is 0.225 e. The average molecular weight is 361 g/mol. The first-order valence-corrected chi connectivity index (χ1v) is 9.40. The normalized spacial score (nSPS) is 11.6. The molecule has 0 bridgehead atoms. The van der Waals surface area contributed by atoms with Gasteiger partial charge in [0, 0.05) is 19.6 Å². The van der Waals surface area contributed by atoms with Crippen molar-refractivity contribution >= 4 is 28.7 Å². The zero-order valence-corrected chi connectivity index (χ0v) is 16.5. The summed E-state index contributed by atoms with van der Waals surface area (Å²) in [5, 5.41) is 19.6. The average Bonchev–Trinajstić information content (AvgIpc) is 2.58. The molecule has 0 saturated carbocycles. The molecule has 0 aromatic carbocycles. The predicted molar refractivity (Wildman–Crippen MR) is 107 cm³/mol. The quantitative estimate of drug-likeness (QED) is 0.512. The van der Waals surface area contributed by atoms with Gasteiger partial charge in [0.05, 0.1) is 11.3 Å². The van der Waals surface area contributed by atoms with Gasteiger partial charge < -0.3 is 21.1 Å². The number of rotatable bonds is 10. The van der Waals surface area contributed by atoms with Gasteiger partial charge in [-0.1, -0.05) is 20.3 Å². The zero-order chi connectivity index (χ0) is 19.2. The summed E-state index contributed by atoms with van der Waals surface area (Å²) in [6.07, 6.45) is 2.75. The summed E-state index contributed by atoms with van der Waals surface area (Å²) in [5.41, 5.74) is 1.51. The maximum absolute atomic E-state index is 9.96. The molecule has 144 valence electrons. The summed E-state index contributed by atoms with van der Waals surface area (Å²) in [6.45, 7) is 11.6. The monoisotopic (exact) mass is 361 g/mol. The predicted octanol–water partition coefficient (Wildman–Crippen LogP) is 2.81. The topological polar surface area (TPSA) is 108 Å². The second-order valence-corrected chi connectivity index (χ2v) is 6.96. The van der Waals surface area contributed by atoms with Gasteiger partial charge in [0.1, 0.15) is 11.0 Å². The minimum Gasteiger partial charge on any atom is -0.389 e. The highest BCUT2D eigenvalue weighted by Gasteiger charge is 2.17. The van der Waals surface area contributed by atoms with Crippen molar-refractivity contribution in [1.29, 1.82) is 0 Å². The first kappa shape index (κ1) is 20.1. The van der Waals surface area contributed by atoms with Crippen molar-refractivity contribution in [2.75, 3.05) is 35.6 Å². The molecule has 0 aliphatic heterocycles. The number of anilines is 3. The Bertz CT molecular complexity index is 728. The highest BCUT2D eigenvalue weighted by atomic mass is 16.3. The molecule has 8 heteroatoms. The summed E-state index contributed by atoms with van der Waals surface area (Å²) >= 11 is 0. The Morgan fingerprint density at radius 2 is 1.54 bits per heavy atom. The van der Waals surface area contributed by atoms with E-state index in [4.69, 9.17) is 0 Å². The van der Waals surface area contributed by atoms with Crippen LogP contribution >= 0.6 is 0 Å². The molecule has 0 unspecified atom stereocenters. The Balaban J connectivity index is 2.53. The van der Waals surface area contributed by atoms with E-state index in [1.54, 1.807) is 13.8 Å². The molecule has 0 amide bonds. The summed E-state index contributed by atoms with van der Waals surface area (Å²) in [6, 6.07) is 0. The molecule has 0 spiro atoms. The van der Waals surface area contributed by atoms with E-state index in [0.29, 0.717) is 29.8 Å². The Morgan fingerprint density at radius 3 is 2.15 bits per heavy atom. The molecule has 2 rings (SSSR count). The molecule has 0 radical (unpaired) electrons. The van der Waals surface area contributed by atoms with Crippen molar-refractivity contribution in [3.8, 4) is 0 Å². The highest BCUT2D eigenvalue weighted by Crippen LogP contribution is 2.25. The van der Waals surface area contributed by atoms with Crippen LogP contribution in [0.5, 0.6) is 0 Å². The fraction of sp³-hybridized carbons (Fsp3) is 0.667. The molecular weight excluding hydrogens is 330 g/mol. The van der Waals surface area contributed by atoms with Crippen LogP contribution in [0.1, 0.15) is 53.2 Å². The lowest BCUT2D eigenvalue weighted by Crippen LogP contribution is -2.30. The van der Waals surface area contributed by atoms with Gasteiger partial charge in [-0.05, 0) is 33.6 Å². The minimum atomic E-state index is -0.849. The molecule has 8 nitrogen and oxygen atoms in total. The first-order valence-electron chi connectivity index (χ1n) is 9.40. The lowest BCUT2D eigenvalue weighted by Gasteiger charge is -2.18. The molecule has 2 aromatic rings. The van der Waals surface area contributed by atoms with Gasteiger partial charge in [0.15, 0.2) is 5.82 Å². The van der Waals surface area contributed by atoms with Gasteiger partial charge in [-0.2, -0.15) is 4.98 Å². The molecule has 2 aromatic heterocycles. The molecule has 2 heterocycles.